The zero-order valence-electron chi connectivity index (χ0n) is 8.08. The van der Waals surface area contributed by atoms with Crippen molar-refractivity contribution in [2.45, 2.75) is 40.5 Å². The summed E-state index contributed by atoms with van der Waals surface area (Å²) in [5.74, 6) is 0.907. The molecule has 0 amide bonds. The van der Waals surface area contributed by atoms with Crippen molar-refractivity contribution < 1.29 is 0 Å². The lowest BCUT2D eigenvalue weighted by atomic mass is 9.90. The lowest BCUT2D eigenvalue weighted by molar-refractivity contribution is 0.355. The molecule has 0 N–H and O–H groups in total. The molecule has 0 spiro atoms. The van der Waals surface area contributed by atoms with Crippen LogP contribution in [0.5, 0.6) is 0 Å². The van der Waals surface area contributed by atoms with Crippen LogP contribution in [0.3, 0.4) is 0 Å². The Labute approximate surface area is 78.9 Å². The zero-order valence-corrected chi connectivity index (χ0v) is 9.66. The molecule has 0 nitrogen and oxygen atoms in total. The van der Waals surface area contributed by atoms with Crippen molar-refractivity contribution in [1.29, 1.82) is 0 Å². The summed E-state index contributed by atoms with van der Waals surface area (Å²) in [4.78, 5) is 0. The Kier molecular flexibility index (Phi) is 2.40. The van der Waals surface area contributed by atoms with Crippen LogP contribution in [0.1, 0.15) is 40.5 Å². The van der Waals surface area contributed by atoms with E-state index < -0.39 is 0 Å². The minimum Gasteiger partial charge on any atom is -0.0925 e. The fourth-order valence-electron chi connectivity index (χ4n) is 3.06. The van der Waals surface area contributed by atoms with Crippen LogP contribution in [0, 0.1) is 16.7 Å². The molecule has 0 aromatic rings. The van der Waals surface area contributed by atoms with Gasteiger partial charge in [-0.1, -0.05) is 43.6 Å². The van der Waals surface area contributed by atoms with Crippen LogP contribution < -0.4 is 0 Å². The van der Waals surface area contributed by atoms with Crippen LogP contribution in [-0.2, 0) is 0 Å². The standard InChI is InChI=1S/C10H19Br/c1-5-10(6-2)8(7-11)9(10,3)4/h8H,5-7H2,1-4H3. The predicted molar refractivity (Wildman–Crippen MR) is 54.1 cm³/mol. The van der Waals surface area contributed by atoms with Crippen molar-refractivity contribution in [2.75, 3.05) is 5.33 Å². The van der Waals surface area contributed by atoms with E-state index in [9.17, 15) is 0 Å². The monoisotopic (exact) mass is 218 g/mol. The first-order valence-corrected chi connectivity index (χ1v) is 5.75. The predicted octanol–water partition coefficient (Wildman–Crippen LogP) is 3.84. The zero-order chi connectivity index (χ0) is 8.70. The van der Waals surface area contributed by atoms with E-state index in [0.717, 1.165) is 5.92 Å². The second-order valence-corrected chi connectivity index (χ2v) is 4.94. The smallest absolute Gasteiger partial charge is 0.00704 e. The molecule has 1 aliphatic rings. The first-order chi connectivity index (χ1) is 5.06. The fourth-order valence-corrected chi connectivity index (χ4v) is 4.49. The van der Waals surface area contributed by atoms with Crippen molar-refractivity contribution >= 4 is 15.9 Å². The van der Waals surface area contributed by atoms with Crippen molar-refractivity contribution in [3.63, 3.8) is 0 Å². The molecule has 1 unspecified atom stereocenters. The third-order valence-electron chi connectivity index (χ3n) is 4.15. The van der Waals surface area contributed by atoms with Gasteiger partial charge in [0, 0.05) is 5.33 Å². The molecule has 0 saturated heterocycles. The van der Waals surface area contributed by atoms with Gasteiger partial charge < -0.3 is 0 Å². The third kappa shape index (κ3) is 0.998. The number of alkyl halides is 1. The quantitative estimate of drug-likeness (QED) is 0.632. The van der Waals surface area contributed by atoms with E-state index in [1.807, 2.05) is 0 Å². The Bertz CT molecular complexity index is 145. The van der Waals surface area contributed by atoms with Gasteiger partial charge in [-0.15, -0.1) is 0 Å². The fraction of sp³-hybridized carbons (Fsp3) is 1.00. The molecule has 1 atom stereocenters. The minimum atomic E-state index is 0.583. The van der Waals surface area contributed by atoms with E-state index in [1.54, 1.807) is 0 Å². The minimum absolute atomic E-state index is 0.583. The number of halogens is 1. The van der Waals surface area contributed by atoms with Gasteiger partial charge in [0.2, 0.25) is 0 Å². The van der Waals surface area contributed by atoms with E-state index in [0.29, 0.717) is 10.8 Å². The summed E-state index contributed by atoms with van der Waals surface area (Å²) >= 11 is 3.61. The highest BCUT2D eigenvalue weighted by Gasteiger charge is 2.67. The lowest BCUT2D eigenvalue weighted by Crippen LogP contribution is -2.05. The summed E-state index contributed by atoms with van der Waals surface area (Å²) in [7, 11) is 0. The average Bonchev–Trinajstić information content (AvgIpc) is 2.47. The highest BCUT2D eigenvalue weighted by atomic mass is 79.9. The molecule has 0 aromatic heterocycles. The van der Waals surface area contributed by atoms with Gasteiger partial charge in [-0.2, -0.15) is 0 Å². The summed E-state index contributed by atoms with van der Waals surface area (Å²) in [5, 5.41) is 1.18. The topological polar surface area (TPSA) is 0 Å². The van der Waals surface area contributed by atoms with E-state index >= 15 is 0 Å². The van der Waals surface area contributed by atoms with Gasteiger partial charge in [0.15, 0.2) is 0 Å². The maximum absolute atomic E-state index is 3.61. The van der Waals surface area contributed by atoms with Gasteiger partial charge in [0.25, 0.3) is 0 Å². The van der Waals surface area contributed by atoms with Crippen LogP contribution in [0.2, 0.25) is 0 Å². The van der Waals surface area contributed by atoms with Crippen molar-refractivity contribution in [3.05, 3.63) is 0 Å². The largest absolute Gasteiger partial charge is 0.0925 e. The normalized spacial score (nSPS) is 31.9. The molecule has 1 heteroatoms. The second-order valence-electron chi connectivity index (χ2n) is 4.29. The molecule has 1 aliphatic carbocycles. The molecule has 1 rings (SSSR count). The summed E-state index contributed by atoms with van der Waals surface area (Å²) < 4.78 is 0. The molecule has 66 valence electrons. The maximum Gasteiger partial charge on any atom is 0.00704 e. The van der Waals surface area contributed by atoms with Gasteiger partial charge in [-0.3, -0.25) is 0 Å². The Hall–Kier alpha value is 0.480. The van der Waals surface area contributed by atoms with Gasteiger partial charge in [0.05, 0.1) is 0 Å². The number of hydrogen-bond acceptors (Lipinski definition) is 0. The van der Waals surface area contributed by atoms with Gasteiger partial charge in [-0.25, -0.2) is 0 Å². The van der Waals surface area contributed by atoms with Gasteiger partial charge in [0.1, 0.15) is 0 Å². The Morgan fingerprint density at radius 2 is 1.64 bits per heavy atom. The van der Waals surface area contributed by atoms with Crippen molar-refractivity contribution in [3.8, 4) is 0 Å². The summed E-state index contributed by atoms with van der Waals surface area (Å²) in [6, 6.07) is 0. The first kappa shape index (κ1) is 9.57. The molecule has 0 bridgehead atoms. The maximum atomic E-state index is 3.61. The first-order valence-electron chi connectivity index (χ1n) is 4.62. The molecule has 11 heavy (non-hydrogen) atoms. The third-order valence-corrected chi connectivity index (χ3v) is 4.80. The Morgan fingerprint density at radius 3 is 1.73 bits per heavy atom. The molecule has 0 aliphatic heterocycles. The summed E-state index contributed by atoms with van der Waals surface area (Å²) in [5.41, 5.74) is 1.23. The van der Waals surface area contributed by atoms with Crippen LogP contribution >= 0.6 is 15.9 Å². The van der Waals surface area contributed by atoms with Crippen LogP contribution in [0.15, 0.2) is 0 Å². The Balaban J connectivity index is 2.74. The van der Waals surface area contributed by atoms with Gasteiger partial charge >= 0.3 is 0 Å². The lowest BCUT2D eigenvalue weighted by Gasteiger charge is -2.15. The number of hydrogen-bond donors (Lipinski definition) is 0. The van der Waals surface area contributed by atoms with Crippen molar-refractivity contribution in [1.82, 2.24) is 0 Å². The van der Waals surface area contributed by atoms with Crippen LogP contribution in [0.25, 0.3) is 0 Å². The van der Waals surface area contributed by atoms with Gasteiger partial charge in [-0.05, 0) is 29.6 Å². The summed E-state index contributed by atoms with van der Waals surface area (Å²) in [6.45, 7) is 9.47. The number of rotatable bonds is 3. The van der Waals surface area contributed by atoms with Crippen molar-refractivity contribution in [2.24, 2.45) is 16.7 Å². The Morgan fingerprint density at radius 1 is 1.18 bits per heavy atom. The van der Waals surface area contributed by atoms with E-state index in [1.165, 1.54) is 18.2 Å². The van der Waals surface area contributed by atoms with Crippen LogP contribution in [-0.4, -0.2) is 5.33 Å². The molecule has 0 heterocycles. The highest BCUT2D eigenvalue weighted by molar-refractivity contribution is 9.09. The SMILES string of the molecule is CCC1(CC)C(CBr)C1(C)C. The molecule has 1 fully saturated rings. The average molecular weight is 219 g/mol. The molecular formula is C10H19Br. The summed E-state index contributed by atoms with van der Waals surface area (Å²) in [6.07, 6.45) is 2.68. The van der Waals surface area contributed by atoms with E-state index in [4.69, 9.17) is 0 Å². The highest BCUT2D eigenvalue weighted by Crippen LogP contribution is 2.72. The molecule has 0 radical (unpaired) electrons. The molecule has 1 saturated carbocycles. The van der Waals surface area contributed by atoms with Crippen LogP contribution in [0.4, 0.5) is 0 Å². The second kappa shape index (κ2) is 2.76. The van der Waals surface area contributed by atoms with E-state index in [2.05, 4.69) is 43.6 Å². The molecule has 0 aromatic carbocycles. The van der Waals surface area contributed by atoms with E-state index in [-0.39, 0.29) is 0 Å². The molecular weight excluding hydrogens is 200 g/mol.